The molecule has 0 N–H and O–H groups in total. The van der Waals surface area contributed by atoms with Crippen LogP contribution in [0.1, 0.15) is 24.1 Å². The molecule has 0 aromatic carbocycles. The number of alkyl halides is 3. The van der Waals surface area contributed by atoms with Crippen LogP contribution in [-0.2, 0) is 17.6 Å². The number of thiophene rings is 1. The third-order valence-corrected chi connectivity index (χ3v) is 4.58. The number of rotatable bonds is 4. The predicted molar refractivity (Wildman–Crippen MR) is 81.4 cm³/mol. The molecule has 0 radical (unpaired) electrons. The highest BCUT2D eigenvalue weighted by Gasteiger charge is 2.38. The molecule has 0 spiro atoms. The van der Waals surface area contributed by atoms with E-state index >= 15 is 0 Å². The quantitative estimate of drug-likeness (QED) is 0.818. The Balaban J connectivity index is 1.70. The van der Waals surface area contributed by atoms with Crippen molar-refractivity contribution < 1.29 is 27.3 Å². The standard InChI is InChI=1S/C14H15F3N4O3S/c1-2-20(13(22)21-6-3-7-23-21)8-9-4-5-10(25-9)11-18-12(24-19-11)14(15,16)17/h4-5H,2-3,6-8H2,1H3. The first-order valence-electron chi connectivity index (χ1n) is 7.58. The SMILES string of the molecule is CCN(Cc1ccc(-c2noc(C(F)(F)F)n2)s1)C(=O)N1CCCO1. The smallest absolute Gasteiger partial charge is 0.329 e. The van der Waals surface area contributed by atoms with E-state index in [0.29, 0.717) is 31.1 Å². The lowest BCUT2D eigenvalue weighted by atomic mass is 10.4. The highest BCUT2D eigenvalue weighted by atomic mass is 32.1. The maximum atomic E-state index is 12.5. The Morgan fingerprint density at radius 2 is 2.24 bits per heavy atom. The molecule has 0 unspecified atom stereocenters. The molecule has 0 aliphatic carbocycles. The average molecular weight is 376 g/mol. The zero-order chi connectivity index (χ0) is 18.0. The van der Waals surface area contributed by atoms with Gasteiger partial charge in [-0.25, -0.2) is 9.86 Å². The number of halogens is 3. The number of aromatic nitrogens is 2. The Labute approximate surface area is 144 Å². The molecule has 1 aliphatic rings. The van der Waals surface area contributed by atoms with Gasteiger partial charge in [0.05, 0.1) is 24.6 Å². The highest BCUT2D eigenvalue weighted by Crippen LogP contribution is 2.32. The van der Waals surface area contributed by atoms with Gasteiger partial charge in [-0.05, 0) is 25.5 Å². The van der Waals surface area contributed by atoms with Crippen LogP contribution in [0.25, 0.3) is 10.7 Å². The van der Waals surface area contributed by atoms with E-state index < -0.39 is 12.1 Å². The minimum Gasteiger partial charge on any atom is -0.329 e. The number of nitrogens with zero attached hydrogens (tertiary/aromatic N) is 4. The molecule has 11 heteroatoms. The van der Waals surface area contributed by atoms with Crippen molar-refractivity contribution in [1.29, 1.82) is 0 Å². The largest absolute Gasteiger partial charge is 0.471 e. The Morgan fingerprint density at radius 1 is 1.44 bits per heavy atom. The first-order valence-corrected chi connectivity index (χ1v) is 8.39. The Hall–Kier alpha value is -2.14. The molecule has 1 fully saturated rings. The molecule has 0 saturated carbocycles. The lowest BCUT2D eigenvalue weighted by molar-refractivity contribution is -0.159. The summed E-state index contributed by atoms with van der Waals surface area (Å²) in [5, 5.41) is 4.69. The number of hydrogen-bond acceptors (Lipinski definition) is 6. The summed E-state index contributed by atoms with van der Waals surface area (Å²) in [6.07, 6.45) is -3.88. The van der Waals surface area contributed by atoms with E-state index in [9.17, 15) is 18.0 Å². The molecule has 2 aromatic heterocycles. The van der Waals surface area contributed by atoms with Crippen LogP contribution in [0.5, 0.6) is 0 Å². The van der Waals surface area contributed by atoms with Crippen LogP contribution in [0.2, 0.25) is 0 Å². The van der Waals surface area contributed by atoms with Gasteiger partial charge < -0.3 is 9.42 Å². The van der Waals surface area contributed by atoms with Crippen molar-refractivity contribution >= 4 is 17.4 Å². The van der Waals surface area contributed by atoms with E-state index in [1.807, 2.05) is 6.92 Å². The molecule has 3 heterocycles. The Bertz CT molecular complexity index is 740. The van der Waals surface area contributed by atoms with Gasteiger partial charge in [0.15, 0.2) is 0 Å². The van der Waals surface area contributed by atoms with Gasteiger partial charge >= 0.3 is 18.1 Å². The van der Waals surface area contributed by atoms with E-state index in [0.717, 1.165) is 11.3 Å². The van der Waals surface area contributed by atoms with Crippen LogP contribution in [0.3, 0.4) is 0 Å². The van der Waals surface area contributed by atoms with Crippen molar-refractivity contribution in [3.05, 3.63) is 22.9 Å². The van der Waals surface area contributed by atoms with Crippen molar-refractivity contribution in [2.45, 2.75) is 26.1 Å². The fourth-order valence-electron chi connectivity index (χ4n) is 2.28. The van der Waals surface area contributed by atoms with E-state index in [1.54, 1.807) is 17.0 Å². The van der Waals surface area contributed by atoms with Crippen LogP contribution < -0.4 is 0 Å². The number of amides is 2. The summed E-state index contributed by atoms with van der Waals surface area (Å²) in [6, 6.07) is 3.11. The summed E-state index contributed by atoms with van der Waals surface area (Å²) >= 11 is 1.21. The zero-order valence-corrected chi connectivity index (χ0v) is 14.1. The van der Waals surface area contributed by atoms with E-state index in [1.165, 1.54) is 16.4 Å². The number of urea groups is 1. The second-order valence-electron chi connectivity index (χ2n) is 5.27. The summed E-state index contributed by atoms with van der Waals surface area (Å²) in [7, 11) is 0. The van der Waals surface area contributed by atoms with E-state index in [-0.39, 0.29) is 11.9 Å². The van der Waals surface area contributed by atoms with Gasteiger partial charge in [-0.3, -0.25) is 4.84 Å². The van der Waals surface area contributed by atoms with Gasteiger partial charge in [-0.1, -0.05) is 5.16 Å². The highest BCUT2D eigenvalue weighted by molar-refractivity contribution is 7.15. The van der Waals surface area contributed by atoms with Crippen molar-refractivity contribution in [1.82, 2.24) is 20.1 Å². The molecular formula is C14H15F3N4O3S. The topological polar surface area (TPSA) is 71.7 Å². The minimum absolute atomic E-state index is 0.124. The molecule has 2 aromatic rings. The number of hydroxylamine groups is 2. The maximum absolute atomic E-state index is 12.5. The predicted octanol–water partition coefficient (Wildman–Crippen LogP) is 3.40. The van der Waals surface area contributed by atoms with Crippen LogP contribution >= 0.6 is 11.3 Å². The van der Waals surface area contributed by atoms with E-state index in [2.05, 4.69) is 14.7 Å². The second-order valence-corrected chi connectivity index (χ2v) is 6.44. The average Bonchev–Trinajstić information content (AvgIpc) is 3.32. The lowest BCUT2D eigenvalue weighted by Gasteiger charge is -2.25. The molecule has 0 atom stereocenters. The molecular weight excluding hydrogens is 361 g/mol. The van der Waals surface area contributed by atoms with Crippen molar-refractivity contribution in [3.8, 4) is 10.7 Å². The van der Waals surface area contributed by atoms with Crippen molar-refractivity contribution in [3.63, 3.8) is 0 Å². The Morgan fingerprint density at radius 3 is 2.84 bits per heavy atom. The second kappa shape index (κ2) is 7.00. The summed E-state index contributed by atoms with van der Waals surface area (Å²) < 4.78 is 41.8. The van der Waals surface area contributed by atoms with Crippen LogP contribution in [0.4, 0.5) is 18.0 Å². The van der Waals surface area contributed by atoms with Gasteiger partial charge in [0.2, 0.25) is 5.82 Å². The van der Waals surface area contributed by atoms with E-state index in [4.69, 9.17) is 4.84 Å². The molecule has 25 heavy (non-hydrogen) atoms. The van der Waals surface area contributed by atoms with Gasteiger partial charge in [-0.15, -0.1) is 11.3 Å². The monoisotopic (exact) mass is 376 g/mol. The Kier molecular flexibility index (Phi) is 4.95. The van der Waals surface area contributed by atoms with Gasteiger partial charge in [-0.2, -0.15) is 18.2 Å². The third kappa shape index (κ3) is 3.93. The molecule has 136 valence electrons. The van der Waals surface area contributed by atoms with Crippen molar-refractivity contribution in [2.24, 2.45) is 0 Å². The first-order chi connectivity index (χ1) is 11.9. The van der Waals surface area contributed by atoms with Crippen molar-refractivity contribution in [2.75, 3.05) is 19.7 Å². The number of carbonyl (C=O) groups is 1. The molecule has 1 aliphatic heterocycles. The number of carbonyl (C=O) groups excluding carboxylic acids is 1. The number of hydrogen-bond donors (Lipinski definition) is 0. The van der Waals surface area contributed by atoms with Crippen LogP contribution in [-0.4, -0.2) is 45.8 Å². The minimum atomic E-state index is -4.67. The summed E-state index contributed by atoms with van der Waals surface area (Å²) in [5.74, 6) is -1.50. The van der Waals surface area contributed by atoms with Gasteiger partial charge in [0.1, 0.15) is 0 Å². The molecule has 3 rings (SSSR count). The fraction of sp³-hybridized carbons (Fsp3) is 0.500. The normalized spacial score (nSPS) is 15.0. The molecule has 0 bridgehead atoms. The van der Waals surface area contributed by atoms with Gasteiger partial charge in [0.25, 0.3) is 0 Å². The van der Waals surface area contributed by atoms with Crippen LogP contribution in [0.15, 0.2) is 16.7 Å². The molecule has 7 nitrogen and oxygen atoms in total. The third-order valence-electron chi connectivity index (χ3n) is 3.52. The summed E-state index contributed by atoms with van der Waals surface area (Å²) in [6.45, 7) is 3.72. The molecule has 1 saturated heterocycles. The first kappa shape index (κ1) is 17.7. The summed E-state index contributed by atoms with van der Waals surface area (Å²) in [4.78, 5) is 23.8. The molecule has 2 amide bonds. The van der Waals surface area contributed by atoms with Crippen LogP contribution in [0, 0.1) is 0 Å². The zero-order valence-electron chi connectivity index (χ0n) is 13.2. The van der Waals surface area contributed by atoms with Gasteiger partial charge in [0, 0.05) is 11.4 Å². The lowest BCUT2D eigenvalue weighted by Crippen LogP contribution is -2.40. The summed E-state index contributed by atoms with van der Waals surface area (Å²) in [5.41, 5.74) is 0. The maximum Gasteiger partial charge on any atom is 0.471 e. The fourth-order valence-corrected chi connectivity index (χ4v) is 3.23.